The fourth-order valence-corrected chi connectivity index (χ4v) is 7.94. The zero-order valence-corrected chi connectivity index (χ0v) is 26.0. The molecule has 1 aliphatic heterocycles. The summed E-state index contributed by atoms with van der Waals surface area (Å²) in [7, 11) is 0. The van der Waals surface area contributed by atoms with Gasteiger partial charge in [-0.1, -0.05) is 91.0 Å². The molecule has 220 valence electrons. The third-order valence-electron chi connectivity index (χ3n) is 9.29. The molecule has 0 N–H and O–H groups in total. The number of anilines is 6. The second-order valence-corrected chi connectivity index (χ2v) is 12.7. The zero-order chi connectivity index (χ0) is 30.9. The molecule has 1 aromatic heterocycles. The lowest BCUT2D eigenvalue weighted by molar-refractivity contribution is 1.17. The average Bonchev–Trinajstić information content (AvgIpc) is 3.63. The molecule has 0 atom stereocenters. The number of aromatic nitrogens is 2. The number of benzene rings is 8. The van der Waals surface area contributed by atoms with Gasteiger partial charge in [-0.25, -0.2) is 4.98 Å². The Balaban J connectivity index is 1.05. The molecule has 47 heavy (non-hydrogen) atoms. The third kappa shape index (κ3) is 4.00. The van der Waals surface area contributed by atoms with Crippen molar-refractivity contribution in [2.24, 2.45) is 0 Å². The van der Waals surface area contributed by atoms with E-state index in [1.54, 1.807) is 0 Å². The van der Waals surface area contributed by atoms with Crippen LogP contribution in [0.25, 0.3) is 54.3 Å². The molecule has 9 aromatic rings. The number of hydrogen-bond acceptors (Lipinski definition) is 5. The van der Waals surface area contributed by atoms with E-state index in [0.29, 0.717) is 0 Å². The van der Waals surface area contributed by atoms with Gasteiger partial charge in [-0.2, -0.15) is 4.37 Å². The van der Waals surface area contributed by atoms with Crippen LogP contribution in [0, 0.1) is 0 Å². The maximum absolute atomic E-state index is 5.10. The number of para-hydroxylation sites is 5. The standard InChI is InChI=1S/C42H26N4S/c1-2-13-31(14-3-1)45-35-16-4-6-18-37(35)46(38-19-7-5-17-36(38)45)32-24-22-29(23-25-32)41-43-42(47-44-41)34-26-30-12-8-10-27-20-21-28-11-9-15-33(34)40(28)39(27)30/h1-26H. The van der Waals surface area contributed by atoms with Gasteiger partial charge in [-0.15, -0.1) is 0 Å². The van der Waals surface area contributed by atoms with Gasteiger partial charge in [-0.3, -0.25) is 0 Å². The monoisotopic (exact) mass is 618 g/mol. The predicted molar refractivity (Wildman–Crippen MR) is 197 cm³/mol. The Bertz CT molecular complexity index is 2540. The summed E-state index contributed by atoms with van der Waals surface area (Å²) in [6.07, 6.45) is 0. The first-order valence-corrected chi connectivity index (χ1v) is 16.5. The molecule has 0 unspecified atom stereocenters. The fourth-order valence-electron chi connectivity index (χ4n) is 7.23. The fraction of sp³-hybridized carbons (Fsp3) is 0. The van der Waals surface area contributed by atoms with E-state index in [4.69, 9.17) is 9.36 Å². The first-order chi connectivity index (χ1) is 23.3. The third-order valence-corrected chi connectivity index (χ3v) is 10.0. The molecule has 0 amide bonds. The molecule has 0 bridgehead atoms. The van der Waals surface area contributed by atoms with E-state index >= 15 is 0 Å². The van der Waals surface area contributed by atoms with Crippen molar-refractivity contribution in [1.29, 1.82) is 0 Å². The average molecular weight is 619 g/mol. The lowest BCUT2D eigenvalue weighted by atomic mass is 9.91. The van der Waals surface area contributed by atoms with Gasteiger partial charge in [0.25, 0.3) is 0 Å². The summed E-state index contributed by atoms with van der Waals surface area (Å²) in [5, 5.41) is 8.52. The van der Waals surface area contributed by atoms with Crippen LogP contribution in [0.4, 0.5) is 34.1 Å². The first-order valence-electron chi connectivity index (χ1n) is 15.8. The zero-order valence-electron chi connectivity index (χ0n) is 25.2. The number of rotatable bonds is 4. The minimum Gasteiger partial charge on any atom is -0.306 e. The molecule has 0 saturated carbocycles. The second-order valence-electron chi connectivity index (χ2n) is 11.9. The summed E-state index contributed by atoms with van der Waals surface area (Å²) in [6.45, 7) is 0. The van der Waals surface area contributed by atoms with Crippen LogP contribution in [0.5, 0.6) is 0 Å². The molecule has 0 radical (unpaired) electrons. The molecule has 8 aromatic carbocycles. The summed E-state index contributed by atoms with van der Waals surface area (Å²) < 4.78 is 4.86. The van der Waals surface area contributed by atoms with Gasteiger partial charge in [0.05, 0.1) is 22.7 Å². The van der Waals surface area contributed by atoms with Gasteiger partial charge in [0.15, 0.2) is 5.82 Å². The first kappa shape index (κ1) is 26.2. The highest BCUT2D eigenvalue weighted by molar-refractivity contribution is 7.09. The van der Waals surface area contributed by atoms with Gasteiger partial charge >= 0.3 is 0 Å². The normalized spacial score (nSPS) is 12.6. The summed E-state index contributed by atoms with van der Waals surface area (Å²) >= 11 is 1.47. The van der Waals surface area contributed by atoms with Crippen LogP contribution in [0.15, 0.2) is 158 Å². The van der Waals surface area contributed by atoms with Crippen molar-refractivity contribution in [3.05, 3.63) is 158 Å². The van der Waals surface area contributed by atoms with Crippen LogP contribution in [0.3, 0.4) is 0 Å². The minimum absolute atomic E-state index is 0.747. The van der Waals surface area contributed by atoms with Crippen LogP contribution in [-0.4, -0.2) is 9.36 Å². The largest absolute Gasteiger partial charge is 0.306 e. The number of nitrogens with zero attached hydrogens (tertiary/aromatic N) is 4. The highest BCUT2D eigenvalue weighted by Gasteiger charge is 2.30. The van der Waals surface area contributed by atoms with Crippen molar-refractivity contribution in [3.8, 4) is 22.0 Å². The maximum atomic E-state index is 5.10. The van der Waals surface area contributed by atoms with Gasteiger partial charge in [0.2, 0.25) is 0 Å². The molecule has 0 spiro atoms. The maximum Gasteiger partial charge on any atom is 0.173 e. The Morgan fingerprint density at radius 2 is 1.00 bits per heavy atom. The van der Waals surface area contributed by atoms with Crippen LogP contribution >= 0.6 is 11.5 Å². The Morgan fingerprint density at radius 3 is 1.66 bits per heavy atom. The number of hydrogen-bond donors (Lipinski definition) is 0. The number of fused-ring (bicyclic) bond motifs is 2. The topological polar surface area (TPSA) is 32.3 Å². The molecule has 0 saturated heterocycles. The molecule has 2 heterocycles. The second kappa shape index (κ2) is 10.2. The Labute approximate surface area is 275 Å². The summed E-state index contributed by atoms with van der Waals surface area (Å²) in [5.41, 5.74) is 8.89. The minimum atomic E-state index is 0.747. The van der Waals surface area contributed by atoms with Gasteiger partial charge in [0.1, 0.15) is 5.01 Å². The van der Waals surface area contributed by atoms with E-state index < -0.39 is 0 Å². The summed E-state index contributed by atoms with van der Waals surface area (Å²) in [5.74, 6) is 0.747. The van der Waals surface area contributed by atoms with Crippen molar-refractivity contribution in [3.63, 3.8) is 0 Å². The van der Waals surface area contributed by atoms with Crippen molar-refractivity contribution in [2.75, 3.05) is 9.80 Å². The van der Waals surface area contributed by atoms with Crippen molar-refractivity contribution < 1.29 is 0 Å². The Morgan fingerprint density at radius 1 is 0.447 bits per heavy atom. The smallest absolute Gasteiger partial charge is 0.173 e. The molecule has 1 aliphatic rings. The van der Waals surface area contributed by atoms with E-state index in [0.717, 1.165) is 56.1 Å². The molecular formula is C42H26N4S. The van der Waals surface area contributed by atoms with Crippen LogP contribution in [-0.2, 0) is 0 Å². The van der Waals surface area contributed by atoms with Crippen molar-refractivity contribution in [2.45, 2.75) is 0 Å². The van der Waals surface area contributed by atoms with E-state index in [1.165, 1.54) is 43.8 Å². The summed E-state index contributed by atoms with van der Waals surface area (Å²) in [6, 6.07) is 56.2. The predicted octanol–water partition coefficient (Wildman–Crippen LogP) is 12.0. The SMILES string of the molecule is c1ccc(N2c3ccccc3N(c3ccc(-c4nsc(-c5cc6cccc7ccc8cccc5c8c76)n4)cc3)c3ccccc32)cc1. The lowest BCUT2D eigenvalue weighted by Crippen LogP contribution is -2.23. The Hall–Kier alpha value is -6.04. The molecule has 4 nitrogen and oxygen atoms in total. The van der Waals surface area contributed by atoms with E-state index in [2.05, 4.69) is 168 Å². The quantitative estimate of drug-likeness (QED) is 0.184. The lowest BCUT2D eigenvalue weighted by Gasteiger charge is -2.40. The molecule has 10 rings (SSSR count). The van der Waals surface area contributed by atoms with E-state index in [9.17, 15) is 0 Å². The van der Waals surface area contributed by atoms with Crippen LogP contribution in [0.1, 0.15) is 0 Å². The summed E-state index contributed by atoms with van der Waals surface area (Å²) in [4.78, 5) is 9.79. The van der Waals surface area contributed by atoms with E-state index in [1.807, 2.05) is 0 Å². The van der Waals surface area contributed by atoms with Crippen LogP contribution in [0.2, 0.25) is 0 Å². The van der Waals surface area contributed by atoms with Crippen LogP contribution < -0.4 is 9.80 Å². The van der Waals surface area contributed by atoms with E-state index in [-0.39, 0.29) is 0 Å². The highest BCUT2D eigenvalue weighted by Crippen LogP contribution is 2.54. The van der Waals surface area contributed by atoms with Crippen molar-refractivity contribution >= 4 is 78.0 Å². The molecule has 0 fully saturated rings. The van der Waals surface area contributed by atoms with Gasteiger partial charge in [0, 0.05) is 22.5 Å². The highest BCUT2D eigenvalue weighted by atomic mass is 32.1. The van der Waals surface area contributed by atoms with Gasteiger partial charge < -0.3 is 9.80 Å². The van der Waals surface area contributed by atoms with Crippen molar-refractivity contribution in [1.82, 2.24) is 9.36 Å². The van der Waals surface area contributed by atoms with Gasteiger partial charge in [-0.05, 0) is 111 Å². The molecular weight excluding hydrogens is 593 g/mol. The molecule has 0 aliphatic carbocycles. The molecule has 5 heteroatoms. The Kier molecular flexibility index (Phi) is 5.71.